The van der Waals surface area contributed by atoms with E-state index in [1.54, 1.807) is 18.6 Å². The third kappa shape index (κ3) is 2.85. The molecule has 1 amide bonds. The van der Waals surface area contributed by atoms with Gasteiger partial charge in [0, 0.05) is 23.8 Å². The van der Waals surface area contributed by atoms with Crippen molar-refractivity contribution >= 4 is 17.7 Å². The van der Waals surface area contributed by atoms with Crippen LogP contribution in [-0.2, 0) is 17.6 Å². The molecule has 7 heteroatoms. The number of rotatable bonds is 5. The van der Waals surface area contributed by atoms with Gasteiger partial charge in [0.1, 0.15) is 11.4 Å². The maximum Gasteiger partial charge on any atom is 0.273 e. The second-order valence-corrected chi connectivity index (χ2v) is 5.56. The number of nitrogens with two attached hydrogens (primary N) is 1. The normalized spacial score (nSPS) is 15.7. The number of nitrogens with one attached hydrogen (secondary N) is 2. The summed E-state index contributed by atoms with van der Waals surface area (Å²) in [7, 11) is 0. The van der Waals surface area contributed by atoms with Gasteiger partial charge in [-0.2, -0.15) is 5.10 Å². The Labute approximate surface area is 140 Å². The molecule has 0 unspecified atom stereocenters. The zero-order valence-corrected chi connectivity index (χ0v) is 13.8. The van der Waals surface area contributed by atoms with E-state index in [1.165, 1.54) is 11.1 Å². The Morgan fingerprint density at radius 2 is 2.12 bits per heavy atom. The second-order valence-electron chi connectivity index (χ2n) is 5.56. The summed E-state index contributed by atoms with van der Waals surface area (Å²) >= 11 is 0. The van der Waals surface area contributed by atoms with Gasteiger partial charge in [0.05, 0.1) is 11.8 Å². The van der Waals surface area contributed by atoms with Crippen LogP contribution in [0.15, 0.2) is 29.3 Å². The van der Waals surface area contributed by atoms with Crippen LogP contribution in [0.25, 0.3) is 6.08 Å². The third-order valence-corrected chi connectivity index (χ3v) is 4.08. The summed E-state index contributed by atoms with van der Waals surface area (Å²) in [4.78, 5) is 23.8. The van der Waals surface area contributed by atoms with E-state index in [9.17, 15) is 4.79 Å². The topological polar surface area (TPSA) is 109 Å². The van der Waals surface area contributed by atoms with Gasteiger partial charge in [0.2, 0.25) is 0 Å². The Morgan fingerprint density at radius 3 is 2.79 bits per heavy atom. The van der Waals surface area contributed by atoms with Gasteiger partial charge in [0.15, 0.2) is 0 Å². The molecule has 24 heavy (non-hydrogen) atoms. The monoisotopic (exact) mass is 324 g/mol. The third-order valence-electron chi connectivity index (χ3n) is 4.08. The highest BCUT2D eigenvalue weighted by Crippen LogP contribution is 2.24. The van der Waals surface area contributed by atoms with Crippen LogP contribution in [0.5, 0.6) is 0 Å². The first kappa shape index (κ1) is 16.1. The number of aryl methyl sites for hydroxylation is 1. The van der Waals surface area contributed by atoms with Crippen LogP contribution in [0.3, 0.4) is 0 Å². The fraction of sp³-hybridized carbons (Fsp3) is 0.294. The summed E-state index contributed by atoms with van der Waals surface area (Å²) in [5.41, 5.74) is 14.2. The summed E-state index contributed by atoms with van der Waals surface area (Å²) in [5.74, 6) is -0.245. The van der Waals surface area contributed by atoms with Crippen LogP contribution >= 0.6 is 0 Å². The highest BCUT2D eigenvalue weighted by molar-refractivity contribution is 6.32. The van der Waals surface area contributed by atoms with E-state index < -0.39 is 0 Å². The van der Waals surface area contributed by atoms with Crippen molar-refractivity contribution in [2.45, 2.75) is 26.7 Å². The molecule has 2 aromatic heterocycles. The molecule has 3 heterocycles. The first-order valence-electron chi connectivity index (χ1n) is 7.92. The highest BCUT2D eigenvalue weighted by atomic mass is 16.2. The number of hydrogen-bond donors (Lipinski definition) is 3. The number of H-pyrrole nitrogens is 1. The molecule has 0 bridgehead atoms. The van der Waals surface area contributed by atoms with E-state index >= 15 is 0 Å². The van der Waals surface area contributed by atoms with Crippen LogP contribution in [0.1, 0.15) is 35.1 Å². The van der Waals surface area contributed by atoms with Crippen molar-refractivity contribution in [3.63, 3.8) is 0 Å². The van der Waals surface area contributed by atoms with E-state index in [-0.39, 0.29) is 5.91 Å². The fourth-order valence-corrected chi connectivity index (χ4v) is 2.98. The minimum Gasteiger partial charge on any atom is -0.359 e. The van der Waals surface area contributed by atoms with Gasteiger partial charge in [-0.15, -0.1) is 0 Å². The Balaban J connectivity index is 2.05. The molecule has 1 aliphatic heterocycles. The van der Waals surface area contributed by atoms with Crippen molar-refractivity contribution in [2.24, 2.45) is 10.8 Å². The number of nitrogens with zero attached hydrogens (tertiary/aromatic N) is 3. The van der Waals surface area contributed by atoms with Crippen molar-refractivity contribution in [1.29, 1.82) is 0 Å². The molecule has 3 rings (SSSR count). The van der Waals surface area contributed by atoms with Crippen LogP contribution in [0.4, 0.5) is 0 Å². The van der Waals surface area contributed by atoms with Gasteiger partial charge in [-0.05, 0) is 43.5 Å². The fourth-order valence-electron chi connectivity index (χ4n) is 2.98. The smallest absolute Gasteiger partial charge is 0.273 e. The van der Waals surface area contributed by atoms with Gasteiger partial charge >= 0.3 is 0 Å². The lowest BCUT2D eigenvalue weighted by molar-refractivity contribution is -0.116. The van der Waals surface area contributed by atoms with Gasteiger partial charge in [-0.25, -0.2) is 5.43 Å². The maximum absolute atomic E-state index is 12.2. The molecule has 124 valence electrons. The highest BCUT2D eigenvalue weighted by Gasteiger charge is 2.26. The van der Waals surface area contributed by atoms with E-state index in [1.807, 2.05) is 13.0 Å². The minimum absolute atomic E-state index is 0.245. The number of amides is 1. The molecule has 0 saturated carbocycles. The Bertz CT molecular complexity index is 819. The molecular weight excluding hydrogens is 304 g/mol. The molecule has 4 N–H and O–H groups in total. The number of carbonyl (C=O) groups excluding carboxylic acids is 1. The maximum atomic E-state index is 12.2. The van der Waals surface area contributed by atoms with Crippen molar-refractivity contribution < 1.29 is 4.79 Å². The van der Waals surface area contributed by atoms with E-state index in [4.69, 9.17) is 5.73 Å². The molecular formula is C17H20N6O. The summed E-state index contributed by atoms with van der Waals surface area (Å²) in [6.45, 7) is 4.71. The summed E-state index contributed by atoms with van der Waals surface area (Å²) < 4.78 is 0. The Morgan fingerprint density at radius 1 is 1.29 bits per heavy atom. The number of aromatic nitrogens is 3. The Hall–Kier alpha value is -2.80. The molecule has 0 fully saturated rings. The van der Waals surface area contributed by atoms with Crippen LogP contribution in [-0.4, -0.2) is 33.1 Å². The van der Waals surface area contributed by atoms with Crippen LogP contribution in [0.2, 0.25) is 0 Å². The van der Waals surface area contributed by atoms with Gasteiger partial charge in [-0.1, -0.05) is 6.92 Å². The first-order valence-corrected chi connectivity index (χ1v) is 7.92. The van der Waals surface area contributed by atoms with Crippen LogP contribution in [0, 0.1) is 6.92 Å². The summed E-state index contributed by atoms with van der Waals surface area (Å²) in [6.07, 6.45) is 8.26. The minimum atomic E-state index is -0.245. The number of hydrogen-bond acceptors (Lipinski definition) is 5. The molecule has 2 aromatic rings. The zero-order valence-electron chi connectivity index (χ0n) is 13.8. The predicted molar refractivity (Wildman–Crippen MR) is 92.4 cm³/mol. The van der Waals surface area contributed by atoms with E-state index in [0.29, 0.717) is 23.5 Å². The SMILES string of the molecule is CCc1c(C=C2C(=O)NN=C2c2cnccn2)[nH]c(C)c1CCN. The molecule has 0 radical (unpaired) electrons. The lowest BCUT2D eigenvalue weighted by Crippen LogP contribution is -2.14. The molecule has 0 saturated heterocycles. The molecule has 1 aliphatic rings. The second kappa shape index (κ2) is 6.76. The van der Waals surface area contributed by atoms with Gasteiger partial charge in [-0.3, -0.25) is 14.8 Å². The summed E-state index contributed by atoms with van der Waals surface area (Å²) in [6, 6.07) is 0. The zero-order chi connectivity index (χ0) is 17.1. The number of hydrazone groups is 1. The van der Waals surface area contributed by atoms with E-state index in [0.717, 1.165) is 24.2 Å². The molecule has 0 spiro atoms. The lowest BCUT2D eigenvalue weighted by Gasteiger charge is -2.03. The van der Waals surface area contributed by atoms with Crippen molar-refractivity contribution in [2.75, 3.05) is 6.54 Å². The average molecular weight is 324 g/mol. The predicted octanol–water partition coefficient (Wildman–Crippen LogP) is 1.09. The largest absolute Gasteiger partial charge is 0.359 e. The summed E-state index contributed by atoms with van der Waals surface area (Å²) in [5, 5.41) is 4.10. The lowest BCUT2D eigenvalue weighted by atomic mass is 10.0. The van der Waals surface area contributed by atoms with E-state index in [2.05, 4.69) is 32.4 Å². The van der Waals surface area contributed by atoms with Crippen molar-refractivity contribution in [1.82, 2.24) is 20.4 Å². The molecule has 0 atom stereocenters. The quantitative estimate of drug-likeness (QED) is 0.715. The Kier molecular flexibility index (Phi) is 4.52. The number of carbonyl (C=O) groups is 1. The molecule has 7 nitrogen and oxygen atoms in total. The average Bonchev–Trinajstić information content (AvgIpc) is 3.10. The van der Waals surface area contributed by atoms with Crippen molar-refractivity contribution in [3.05, 3.63) is 52.4 Å². The van der Waals surface area contributed by atoms with Crippen molar-refractivity contribution in [3.8, 4) is 0 Å². The first-order chi connectivity index (χ1) is 11.7. The number of aromatic amines is 1. The van der Waals surface area contributed by atoms with Gasteiger partial charge < -0.3 is 10.7 Å². The standard InChI is InChI=1S/C17H20N6O/c1-3-11-12(4-5-18)10(2)21-14(11)8-13-16(22-23-17(13)24)15-9-19-6-7-20-15/h6-9,21H,3-5,18H2,1-2H3,(H,23,24). The van der Waals surface area contributed by atoms with Crippen LogP contribution < -0.4 is 11.2 Å². The van der Waals surface area contributed by atoms with Gasteiger partial charge in [0.25, 0.3) is 5.91 Å². The molecule has 0 aliphatic carbocycles. The molecule has 0 aromatic carbocycles.